The van der Waals surface area contributed by atoms with E-state index in [1.165, 1.54) is 11.3 Å². The number of halogens is 1. The third-order valence-corrected chi connectivity index (χ3v) is 5.93. The Morgan fingerprint density at radius 2 is 1.96 bits per heavy atom. The van der Waals surface area contributed by atoms with Crippen molar-refractivity contribution in [2.75, 3.05) is 18.1 Å². The van der Waals surface area contributed by atoms with Crippen LogP contribution in [0.5, 0.6) is 0 Å². The van der Waals surface area contributed by atoms with Crippen LogP contribution in [0.15, 0.2) is 64.5 Å². The fraction of sp³-hybridized carbons (Fsp3) is 0.238. The van der Waals surface area contributed by atoms with Crippen molar-refractivity contribution in [2.24, 2.45) is 0 Å². The van der Waals surface area contributed by atoms with Gasteiger partial charge in [-0.2, -0.15) is 0 Å². The molecule has 27 heavy (non-hydrogen) atoms. The number of hydrogen-bond donors (Lipinski definition) is 0. The SMILES string of the molecule is O=C(c1ccccc1)N(C[C@@H]1CCCO1)c1nc(-c2ccc(Br)cc2)cs1. The number of carbonyl (C=O) groups excluding carboxylic acids is 1. The molecule has 1 aromatic heterocycles. The van der Waals surface area contributed by atoms with Crippen molar-refractivity contribution in [2.45, 2.75) is 18.9 Å². The topological polar surface area (TPSA) is 42.4 Å². The zero-order valence-corrected chi connectivity index (χ0v) is 17.1. The molecule has 0 aliphatic carbocycles. The van der Waals surface area contributed by atoms with E-state index in [4.69, 9.17) is 9.72 Å². The molecule has 3 aromatic rings. The first-order valence-electron chi connectivity index (χ1n) is 8.91. The second kappa shape index (κ2) is 8.33. The van der Waals surface area contributed by atoms with Gasteiger partial charge in [-0.3, -0.25) is 9.69 Å². The van der Waals surface area contributed by atoms with Crippen LogP contribution in [0.4, 0.5) is 5.13 Å². The van der Waals surface area contributed by atoms with Crippen LogP contribution in [-0.4, -0.2) is 30.1 Å². The van der Waals surface area contributed by atoms with E-state index in [1.807, 2.05) is 60.0 Å². The summed E-state index contributed by atoms with van der Waals surface area (Å²) in [5.74, 6) is -0.0391. The predicted octanol–water partition coefficient (Wildman–Crippen LogP) is 5.40. The minimum absolute atomic E-state index is 0.0391. The molecular weight excluding hydrogens is 424 g/mol. The number of hydrogen-bond acceptors (Lipinski definition) is 4. The summed E-state index contributed by atoms with van der Waals surface area (Å²) in [5.41, 5.74) is 2.57. The lowest BCUT2D eigenvalue weighted by molar-refractivity contribution is 0.0917. The Morgan fingerprint density at radius 1 is 1.19 bits per heavy atom. The summed E-state index contributed by atoms with van der Waals surface area (Å²) < 4.78 is 6.80. The molecule has 0 N–H and O–H groups in total. The maximum atomic E-state index is 13.2. The van der Waals surface area contributed by atoms with Gasteiger partial charge in [0.1, 0.15) is 0 Å². The molecule has 2 heterocycles. The molecule has 1 saturated heterocycles. The molecule has 1 aliphatic rings. The molecule has 1 amide bonds. The molecular formula is C21H19BrN2O2S. The van der Waals surface area contributed by atoms with E-state index >= 15 is 0 Å². The fourth-order valence-corrected chi connectivity index (χ4v) is 4.22. The number of thiazole rings is 1. The lowest BCUT2D eigenvalue weighted by Gasteiger charge is -2.23. The normalized spacial score (nSPS) is 16.4. The Balaban J connectivity index is 1.63. The number of ether oxygens (including phenoxy) is 1. The van der Waals surface area contributed by atoms with Crippen molar-refractivity contribution in [3.63, 3.8) is 0 Å². The van der Waals surface area contributed by atoms with Crippen molar-refractivity contribution in [3.05, 3.63) is 70.0 Å². The maximum absolute atomic E-state index is 13.2. The average molecular weight is 443 g/mol. The van der Waals surface area contributed by atoms with Gasteiger partial charge >= 0.3 is 0 Å². The number of nitrogens with zero attached hydrogens (tertiary/aromatic N) is 2. The van der Waals surface area contributed by atoms with Crippen LogP contribution in [0, 0.1) is 0 Å². The first-order valence-corrected chi connectivity index (χ1v) is 10.6. The Bertz CT molecular complexity index is 905. The molecule has 1 fully saturated rings. The van der Waals surface area contributed by atoms with Gasteiger partial charge in [0.2, 0.25) is 0 Å². The molecule has 4 rings (SSSR count). The van der Waals surface area contributed by atoms with E-state index in [0.717, 1.165) is 35.2 Å². The van der Waals surface area contributed by atoms with Gasteiger partial charge in [0.25, 0.3) is 5.91 Å². The van der Waals surface area contributed by atoms with Gasteiger partial charge in [-0.25, -0.2) is 4.98 Å². The Hall–Kier alpha value is -2.02. The van der Waals surface area contributed by atoms with Gasteiger partial charge < -0.3 is 4.74 Å². The molecule has 6 heteroatoms. The van der Waals surface area contributed by atoms with E-state index in [-0.39, 0.29) is 12.0 Å². The van der Waals surface area contributed by atoms with E-state index in [1.54, 1.807) is 4.90 Å². The third-order valence-electron chi connectivity index (χ3n) is 4.54. The number of carbonyl (C=O) groups is 1. The Labute approximate surface area is 170 Å². The molecule has 0 unspecified atom stereocenters. The first-order chi connectivity index (χ1) is 13.2. The first kappa shape index (κ1) is 18.3. The quantitative estimate of drug-likeness (QED) is 0.531. The molecule has 1 aliphatic heterocycles. The largest absolute Gasteiger partial charge is 0.376 e. The zero-order valence-electron chi connectivity index (χ0n) is 14.7. The van der Waals surface area contributed by atoms with Crippen LogP contribution in [0.3, 0.4) is 0 Å². The summed E-state index contributed by atoms with van der Waals surface area (Å²) in [6.07, 6.45) is 2.08. The van der Waals surface area contributed by atoms with Crippen molar-refractivity contribution >= 4 is 38.3 Å². The minimum Gasteiger partial charge on any atom is -0.376 e. The molecule has 1 atom stereocenters. The van der Waals surface area contributed by atoms with Gasteiger partial charge in [-0.1, -0.05) is 46.3 Å². The van der Waals surface area contributed by atoms with Crippen molar-refractivity contribution < 1.29 is 9.53 Å². The monoisotopic (exact) mass is 442 g/mol. The smallest absolute Gasteiger partial charge is 0.260 e. The maximum Gasteiger partial charge on any atom is 0.260 e. The molecule has 0 spiro atoms. The molecule has 0 radical (unpaired) electrons. The molecule has 138 valence electrons. The summed E-state index contributed by atoms with van der Waals surface area (Å²) in [5, 5.41) is 2.71. The van der Waals surface area contributed by atoms with Crippen LogP contribution < -0.4 is 4.90 Å². The molecule has 2 aromatic carbocycles. The minimum atomic E-state index is -0.0391. The molecule has 0 bridgehead atoms. The Kier molecular flexibility index (Phi) is 5.66. The van der Waals surface area contributed by atoms with Crippen LogP contribution in [-0.2, 0) is 4.74 Å². The number of aromatic nitrogens is 1. The van der Waals surface area contributed by atoms with Gasteiger partial charge in [0.15, 0.2) is 5.13 Å². The average Bonchev–Trinajstić information content (AvgIpc) is 3.39. The van der Waals surface area contributed by atoms with Gasteiger partial charge in [-0.15, -0.1) is 11.3 Å². The standard InChI is InChI=1S/C21H19BrN2O2S/c22-17-10-8-15(9-11-17)19-14-27-21(23-19)24(13-18-7-4-12-26-18)20(25)16-5-2-1-3-6-16/h1-3,5-6,8-11,14,18H,4,7,12-13H2/t18-/m0/s1. The Morgan fingerprint density at radius 3 is 2.67 bits per heavy atom. The highest BCUT2D eigenvalue weighted by Crippen LogP contribution is 2.30. The third kappa shape index (κ3) is 4.29. The van der Waals surface area contributed by atoms with E-state index in [0.29, 0.717) is 17.2 Å². The van der Waals surface area contributed by atoms with Crippen LogP contribution >= 0.6 is 27.3 Å². The highest BCUT2D eigenvalue weighted by molar-refractivity contribution is 9.10. The number of rotatable bonds is 5. The highest BCUT2D eigenvalue weighted by atomic mass is 79.9. The predicted molar refractivity (Wildman–Crippen MR) is 112 cm³/mol. The number of amides is 1. The number of benzene rings is 2. The van der Waals surface area contributed by atoms with E-state index in [2.05, 4.69) is 15.9 Å². The summed E-state index contributed by atoms with van der Waals surface area (Å²) in [6, 6.07) is 17.4. The van der Waals surface area contributed by atoms with Gasteiger partial charge in [-0.05, 0) is 37.1 Å². The second-order valence-electron chi connectivity index (χ2n) is 6.44. The van der Waals surface area contributed by atoms with Crippen LogP contribution in [0.2, 0.25) is 0 Å². The van der Waals surface area contributed by atoms with Crippen LogP contribution in [0.1, 0.15) is 23.2 Å². The number of anilines is 1. The second-order valence-corrected chi connectivity index (χ2v) is 8.19. The lowest BCUT2D eigenvalue weighted by atomic mass is 10.1. The summed E-state index contributed by atoms with van der Waals surface area (Å²) in [6.45, 7) is 1.29. The summed E-state index contributed by atoms with van der Waals surface area (Å²) in [7, 11) is 0. The van der Waals surface area contributed by atoms with Gasteiger partial charge in [0, 0.05) is 27.6 Å². The van der Waals surface area contributed by atoms with Gasteiger partial charge in [0.05, 0.1) is 18.3 Å². The van der Waals surface area contributed by atoms with Crippen molar-refractivity contribution in [1.82, 2.24) is 4.98 Å². The van der Waals surface area contributed by atoms with Crippen molar-refractivity contribution in [3.8, 4) is 11.3 Å². The van der Waals surface area contributed by atoms with E-state index < -0.39 is 0 Å². The summed E-state index contributed by atoms with van der Waals surface area (Å²) in [4.78, 5) is 19.7. The highest BCUT2D eigenvalue weighted by Gasteiger charge is 2.26. The molecule has 0 saturated carbocycles. The fourth-order valence-electron chi connectivity index (χ4n) is 3.12. The van der Waals surface area contributed by atoms with Crippen LogP contribution in [0.25, 0.3) is 11.3 Å². The zero-order chi connectivity index (χ0) is 18.6. The molecule has 4 nitrogen and oxygen atoms in total. The van der Waals surface area contributed by atoms with E-state index in [9.17, 15) is 4.79 Å². The summed E-state index contributed by atoms with van der Waals surface area (Å²) >= 11 is 4.95. The lowest BCUT2D eigenvalue weighted by Crippen LogP contribution is -2.37. The van der Waals surface area contributed by atoms with Crippen molar-refractivity contribution in [1.29, 1.82) is 0 Å².